The highest BCUT2D eigenvalue weighted by Gasteiger charge is 2.04. The average Bonchev–Trinajstić information content (AvgIpc) is 2.25. The van der Waals surface area contributed by atoms with Gasteiger partial charge in [-0.2, -0.15) is 0 Å². The van der Waals surface area contributed by atoms with Gasteiger partial charge in [0.25, 0.3) is 0 Å². The number of sulfone groups is 1. The van der Waals surface area contributed by atoms with E-state index in [1.165, 1.54) is 13.2 Å². The van der Waals surface area contributed by atoms with Crippen LogP contribution in [0, 0.1) is 11.2 Å². The zero-order chi connectivity index (χ0) is 12.2. The summed E-state index contributed by atoms with van der Waals surface area (Å²) in [6.07, 6.45) is 1.02. The molecule has 0 spiro atoms. The highest BCUT2D eigenvalue weighted by molar-refractivity contribution is 7.95. The molecule has 0 aliphatic carbocycles. The lowest BCUT2D eigenvalue weighted by Crippen LogP contribution is -2.00. The Kier molecular flexibility index (Phi) is 3.69. The fourth-order valence-electron chi connectivity index (χ4n) is 0.993. The Morgan fingerprint density at radius 2 is 2.06 bits per heavy atom. The van der Waals surface area contributed by atoms with Crippen molar-refractivity contribution in [3.63, 3.8) is 0 Å². The van der Waals surface area contributed by atoms with Crippen molar-refractivity contribution in [2.45, 2.75) is 0 Å². The third-order valence-corrected chi connectivity index (χ3v) is 2.14. The molecule has 84 valence electrons. The first-order chi connectivity index (χ1) is 7.42. The molecule has 0 aliphatic heterocycles. The van der Waals surface area contributed by atoms with Crippen molar-refractivity contribution in [1.82, 2.24) is 0 Å². The van der Waals surface area contributed by atoms with Gasteiger partial charge in [-0.1, -0.05) is 12.0 Å². The van der Waals surface area contributed by atoms with Crippen LogP contribution in [-0.2, 0) is 14.6 Å². The van der Waals surface area contributed by atoms with Gasteiger partial charge in [-0.3, -0.25) is 0 Å². The lowest BCUT2D eigenvalue weighted by molar-refractivity contribution is 0.0600. The predicted molar refractivity (Wildman–Crippen MR) is 59.5 cm³/mol. The third kappa shape index (κ3) is 3.75. The van der Waals surface area contributed by atoms with E-state index in [-0.39, 0.29) is 0 Å². The lowest BCUT2D eigenvalue weighted by atomic mass is 10.1. The molecule has 1 aromatic carbocycles. The van der Waals surface area contributed by atoms with Gasteiger partial charge in [0, 0.05) is 10.8 Å². The molecule has 0 saturated heterocycles. The Bertz CT molecular complexity index is 561. The summed E-state index contributed by atoms with van der Waals surface area (Å²) < 4.78 is 26.2. The molecule has 16 heavy (non-hydrogen) atoms. The predicted octanol–water partition coefficient (Wildman–Crippen LogP) is 0.827. The van der Waals surface area contributed by atoms with E-state index in [4.69, 9.17) is 0 Å². The molecule has 1 aromatic rings. The number of hydrogen-bond donors (Lipinski definition) is 0. The smallest absolute Gasteiger partial charge is 0.337 e. The summed E-state index contributed by atoms with van der Waals surface area (Å²) in [6.45, 7) is 0. The van der Waals surface area contributed by atoms with E-state index in [9.17, 15) is 13.2 Å². The summed E-state index contributed by atoms with van der Waals surface area (Å²) in [7, 11) is -2.06. The van der Waals surface area contributed by atoms with Crippen LogP contribution >= 0.6 is 0 Å². The number of carbonyl (C=O) groups is 1. The van der Waals surface area contributed by atoms with Gasteiger partial charge in [0.15, 0.2) is 0 Å². The molecule has 4 nitrogen and oxygen atoms in total. The molecule has 0 aromatic heterocycles. The maximum atomic E-state index is 11.2. The fourth-order valence-corrected chi connectivity index (χ4v) is 1.30. The van der Waals surface area contributed by atoms with Gasteiger partial charge in [-0.25, -0.2) is 13.2 Å². The monoisotopic (exact) mass is 238 g/mol. The Hall–Kier alpha value is -1.80. The van der Waals surface area contributed by atoms with Crippen molar-refractivity contribution in [1.29, 1.82) is 0 Å². The van der Waals surface area contributed by atoms with E-state index in [0.717, 1.165) is 6.26 Å². The second-order valence-corrected chi connectivity index (χ2v) is 4.82. The maximum absolute atomic E-state index is 11.2. The number of methoxy groups -OCH3 is 1. The summed E-state index contributed by atoms with van der Waals surface area (Å²) in [5, 5.41) is 2.09. The van der Waals surface area contributed by atoms with Gasteiger partial charge < -0.3 is 4.74 Å². The van der Waals surface area contributed by atoms with Crippen molar-refractivity contribution in [2.75, 3.05) is 13.4 Å². The van der Waals surface area contributed by atoms with Crippen molar-refractivity contribution >= 4 is 15.8 Å². The molecule has 0 N–H and O–H groups in total. The summed E-state index contributed by atoms with van der Waals surface area (Å²) >= 11 is 0. The molecule has 5 heteroatoms. The van der Waals surface area contributed by atoms with Crippen LogP contribution in [0.4, 0.5) is 0 Å². The highest BCUT2D eigenvalue weighted by atomic mass is 32.2. The van der Waals surface area contributed by atoms with Crippen LogP contribution in [0.3, 0.4) is 0 Å². The van der Waals surface area contributed by atoms with Gasteiger partial charge in [0.2, 0.25) is 9.84 Å². The molecule has 0 fully saturated rings. The summed E-state index contributed by atoms with van der Waals surface area (Å²) in [6, 6.07) is 6.27. The van der Waals surface area contributed by atoms with E-state index in [1.54, 1.807) is 18.2 Å². The van der Waals surface area contributed by atoms with Crippen molar-refractivity contribution in [2.24, 2.45) is 0 Å². The number of hydrogen-bond acceptors (Lipinski definition) is 4. The average molecular weight is 238 g/mol. The molecule has 0 amide bonds. The van der Waals surface area contributed by atoms with Crippen LogP contribution in [0.5, 0.6) is 0 Å². The Labute approximate surface area is 94.2 Å². The standard InChI is InChI=1S/C11H10O4S/c1-15-11(12)10-5-3-4-9(8-10)6-7-16(2,13)14/h3-5,8H,1-2H3. The molecular weight excluding hydrogens is 228 g/mol. The minimum Gasteiger partial charge on any atom is -0.465 e. The molecule has 0 aliphatic rings. The second kappa shape index (κ2) is 4.81. The normalized spacial score (nSPS) is 10.1. The second-order valence-electron chi connectivity index (χ2n) is 3.07. The molecule has 0 atom stereocenters. The Balaban J connectivity index is 3.08. The van der Waals surface area contributed by atoms with E-state index in [1.807, 2.05) is 0 Å². The lowest BCUT2D eigenvalue weighted by Gasteiger charge is -1.98. The maximum Gasteiger partial charge on any atom is 0.337 e. The van der Waals surface area contributed by atoms with Gasteiger partial charge in [-0.15, -0.1) is 0 Å². The van der Waals surface area contributed by atoms with Crippen molar-refractivity contribution in [3.05, 3.63) is 35.4 Å². The highest BCUT2D eigenvalue weighted by Crippen LogP contribution is 2.05. The number of benzene rings is 1. The first kappa shape index (κ1) is 12.3. The van der Waals surface area contributed by atoms with Crippen LogP contribution in [-0.4, -0.2) is 27.8 Å². The molecule has 0 unspecified atom stereocenters. The van der Waals surface area contributed by atoms with Crippen LogP contribution in [0.1, 0.15) is 15.9 Å². The minimum atomic E-state index is -3.34. The van der Waals surface area contributed by atoms with E-state index >= 15 is 0 Å². The van der Waals surface area contributed by atoms with E-state index < -0.39 is 15.8 Å². The van der Waals surface area contributed by atoms with Gasteiger partial charge in [0.05, 0.1) is 18.9 Å². The minimum absolute atomic E-state index is 0.336. The van der Waals surface area contributed by atoms with Crippen LogP contribution in [0.15, 0.2) is 24.3 Å². The van der Waals surface area contributed by atoms with Gasteiger partial charge in [0.1, 0.15) is 0 Å². The SMILES string of the molecule is COC(=O)c1cccc(C#CS(C)(=O)=O)c1. The topological polar surface area (TPSA) is 60.4 Å². The summed E-state index contributed by atoms with van der Waals surface area (Å²) in [5.41, 5.74) is 0.788. The first-order valence-electron chi connectivity index (χ1n) is 4.33. The largest absolute Gasteiger partial charge is 0.465 e. The molecule has 0 saturated carbocycles. The van der Waals surface area contributed by atoms with Crippen molar-refractivity contribution < 1.29 is 17.9 Å². The Morgan fingerprint density at radius 3 is 2.62 bits per heavy atom. The first-order valence-corrected chi connectivity index (χ1v) is 6.22. The number of rotatable bonds is 1. The molecule has 1 rings (SSSR count). The molecule has 0 radical (unpaired) electrons. The van der Waals surface area contributed by atoms with E-state index in [2.05, 4.69) is 15.9 Å². The van der Waals surface area contributed by atoms with Crippen LogP contribution < -0.4 is 0 Å². The van der Waals surface area contributed by atoms with Crippen molar-refractivity contribution in [3.8, 4) is 11.2 Å². The van der Waals surface area contributed by atoms with E-state index in [0.29, 0.717) is 11.1 Å². The Morgan fingerprint density at radius 1 is 1.38 bits per heavy atom. The van der Waals surface area contributed by atoms with Gasteiger partial charge in [-0.05, 0) is 18.2 Å². The zero-order valence-electron chi connectivity index (χ0n) is 8.85. The zero-order valence-corrected chi connectivity index (χ0v) is 9.67. The number of esters is 1. The number of ether oxygens (including phenoxy) is 1. The van der Waals surface area contributed by atoms with Crippen LogP contribution in [0.25, 0.3) is 0 Å². The van der Waals surface area contributed by atoms with Crippen LogP contribution in [0.2, 0.25) is 0 Å². The molecule has 0 bridgehead atoms. The quantitative estimate of drug-likeness (QED) is 0.537. The van der Waals surface area contributed by atoms with Gasteiger partial charge >= 0.3 is 5.97 Å². The summed E-state index contributed by atoms with van der Waals surface area (Å²) in [4.78, 5) is 11.2. The molecular formula is C11H10O4S. The molecule has 0 heterocycles. The number of carbonyl (C=O) groups excluding carboxylic acids is 1. The summed E-state index contributed by atoms with van der Waals surface area (Å²) in [5.74, 6) is 1.97. The fraction of sp³-hybridized carbons (Fsp3) is 0.182. The third-order valence-electron chi connectivity index (χ3n) is 1.66.